The minimum Gasteiger partial charge on any atom is -0.462 e. The lowest BCUT2D eigenvalue weighted by atomic mass is 10.2. The van der Waals surface area contributed by atoms with Gasteiger partial charge >= 0.3 is 5.97 Å². The molecule has 8 heteroatoms. The number of anilines is 2. The van der Waals surface area contributed by atoms with Crippen LogP contribution in [0.3, 0.4) is 0 Å². The first-order chi connectivity index (χ1) is 17.5. The number of rotatable bonds is 5. The summed E-state index contributed by atoms with van der Waals surface area (Å²) in [6.45, 7) is 6.94. The van der Waals surface area contributed by atoms with Crippen molar-refractivity contribution in [3.63, 3.8) is 0 Å². The average Bonchev–Trinajstić information content (AvgIpc) is 3.41. The van der Waals surface area contributed by atoms with Gasteiger partial charge < -0.3 is 9.64 Å². The van der Waals surface area contributed by atoms with Crippen LogP contribution in [0.15, 0.2) is 92.6 Å². The summed E-state index contributed by atoms with van der Waals surface area (Å²) in [5, 5.41) is 1.50. The van der Waals surface area contributed by atoms with Gasteiger partial charge in [0.1, 0.15) is 9.93 Å². The molecule has 0 atom stereocenters. The molecule has 3 aromatic carbocycles. The van der Waals surface area contributed by atoms with Gasteiger partial charge in [0.15, 0.2) is 5.17 Å². The first-order valence-corrected chi connectivity index (χ1v) is 13.4. The van der Waals surface area contributed by atoms with Gasteiger partial charge in [0.25, 0.3) is 5.91 Å². The second kappa shape index (κ2) is 10.2. The molecular formula is C28H25N3O3S2. The molecule has 0 saturated carbocycles. The van der Waals surface area contributed by atoms with Gasteiger partial charge in [-0.3, -0.25) is 9.69 Å². The number of carbonyl (C=O) groups is 2. The highest BCUT2D eigenvalue weighted by molar-refractivity contribution is 8.20. The molecule has 3 aromatic rings. The summed E-state index contributed by atoms with van der Waals surface area (Å²) >= 11 is 3.00. The van der Waals surface area contributed by atoms with Gasteiger partial charge in [0.05, 0.1) is 29.2 Å². The Bertz CT molecular complexity index is 1400. The van der Waals surface area contributed by atoms with Crippen molar-refractivity contribution in [2.75, 3.05) is 23.0 Å². The standard InChI is InChI=1S/C28H25N3O3S2/c1-4-30-22-11-6-7-12-23(22)35-26(30)24-25(32)31(21-10-8-9-18(3)17-21)28(36-24)29-20-15-13-19(14-16-20)27(33)34-5-2/h6-17H,4-5H2,1-3H3. The summed E-state index contributed by atoms with van der Waals surface area (Å²) in [5.41, 5.74) is 4.06. The highest BCUT2D eigenvalue weighted by Gasteiger charge is 2.40. The summed E-state index contributed by atoms with van der Waals surface area (Å²) < 4.78 is 5.07. The quantitative estimate of drug-likeness (QED) is 0.277. The predicted octanol–water partition coefficient (Wildman–Crippen LogP) is 6.74. The molecule has 5 rings (SSSR count). The number of esters is 1. The van der Waals surface area contributed by atoms with Gasteiger partial charge in [-0.05, 0) is 86.6 Å². The molecule has 0 spiro atoms. The van der Waals surface area contributed by atoms with Crippen molar-refractivity contribution in [1.29, 1.82) is 0 Å². The van der Waals surface area contributed by atoms with E-state index in [-0.39, 0.29) is 11.9 Å². The maximum absolute atomic E-state index is 13.9. The van der Waals surface area contributed by atoms with E-state index in [9.17, 15) is 9.59 Å². The molecule has 0 bridgehead atoms. The smallest absolute Gasteiger partial charge is 0.338 e. The second-order valence-corrected chi connectivity index (χ2v) is 10.2. The Balaban J connectivity index is 1.57. The van der Waals surface area contributed by atoms with Crippen LogP contribution in [0, 0.1) is 6.92 Å². The third-order valence-electron chi connectivity index (χ3n) is 5.76. The number of amidine groups is 1. The van der Waals surface area contributed by atoms with E-state index in [1.165, 1.54) is 11.8 Å². The van der Waals surface area contributed by atoms with Crippen LogP contribution in [0.2, 0.25) is 0 Å². The molecule has 0 N–H and O–H groups in total. The van der Waals surface area contributed by atoms with Gasteiger partial charge in [-0.15, -0.1) is 0 Å². The molecule has 182 valence electrons. The molecule has 2 aliphatic rings. The highest BCUT2D eigenvalue weighted by Crippen LogP contribution is 2.51. The van der Waals surface area contributed by atoms with Crippen LogP contribution in [0.5, 0.6) is 0 Å². The molecule has 6 nitrogen and oxygen atoms in total. The number of benzene rings is 3. The van der Waals surface area contributed by atoms with Gasteiger partial charge in [-0.2, -0.15) is 0 Å². The van der Waals surface area contributed by atoms with E-state index in [1.54, 1.807) is 47.9 Å². The Labute approximate surface area is 219 Å². The van der Waals surface area contributed by atoms with Crippen molar-refractivity contribution in [3.05, 3.63) is 93.9 Å². The zero-order valence-electron chi connectivity index (χ0n) is 20.2. The van der Waals surface area contributed by atoms with E-state index in [2.05, 4.69) is 24.0 Å². The monoisotopic (exact) mass is 515 g/mol. The molecule has 2 aliphatic heterocycles. The molecule has 0 aromatic heterocycles. The fraction of sp³-hybridized carbons (Fsp3) is 0.179. The number of hydrogen-bond donors (Lipinski definition) is 0. The Kier molecular flexibility index (Phi) is 6.89. The lowest BCUT2D eigenvalue weighted by molar-refractivity contribution is -0.113. The largest absolute Gasteiger partial charge is 0.462 e. The van der Waals surface area contributed by atoms with Crippen molar-refractivity contribution in [1.82, 2.24) is 0 Å². The third-order valence-corrected chi connectivity index (χ3v) is 8.10. The van der Waals surface area contributed by atoms with E-state index < -0.39 is 0 Å². The summed E-state index contributed by atoms with van der Waals surface area (Å²) in [7, 11) is 0. The van der Waals surface area contributed by atoms with Gasteiger partial charge in [-0.1, -0.05) is 36.0 Å². The Morgan fingerprint density at radius 2 is 1.75 bits per heavy atom. The summed E-state index contributed by atoms with van der Waals surface area (Å²) in [6, 6.07) is 23.0. The minimum atomic E-state index is -0.368. The molecule has 0 radical (unpaired) electrons. The number of para-hydroxylation sites is 1. The van der Waals surface area contributed by atoms with Gasteiger partial charge in [-0.25, -0.2) is 9.79 Å². The van der Waals surface area contributed by atoms with Crippen molar-refractivity contribution in [2.24, 2.45) is 4.99 Å². The topological polar surface area (TPSA) is 62.2 Å². The molecular weight excluding hydrogens is 490 g/mol. The summed E-state index contributed by atoms with van der Waals surface area (Å²) in [5.74, 6) is -0.464. The normalized spacial score (nSPS) is 18.2. The van der Waals surface area contributed by atoms with Crippen LogP contribution in [0.1, 0.15) is 29.8 Å². The minimum absolute atomic E-state index is 0.0961. The number of thioether (sulfide) groups is 2. The molecule has 2 heterocycles. The van der Waals surface area contributed by atoms with E-state index in [0.717, 1.165) is 33.4 Å². The molecule has 1 fully saturated rings. The molecule has 0 unspecified atom stereocenters. The Hall–Kier alpha value is -3.49. The van der Waals surface area contributed by atoms with Crippen molar-refractivity contribution >= 4 is 57.6 Å². The number of aliphatic imine (C=N–C) groups is 1. The fourth-order valence-electron chi connectivity index (χ4n) is 4.09. The molecule has 1 saturated heterocycles. The van der Waals surface area contributed by atoms with Crippen LogP contribution in [-0.2, 0) is 9.53 Å². The average molecular weight is 516 g/mol. The van der Waals surface area contributed by atoms with E-state index in [0.29, 0.717) is 27.9 Å². The van der Waals surface area contributed by atoms with Crippen molar-refractivity contribution < 1.29 is 14.3 Å². The Morgan fingerprint density at radius 3 is 2.47 bits per heavy atom. The number of amides is 1. The zero-order chi connectivity index (χ0) is 25.2. The first-order valence-electron chi connectivity index (χ1n) is 11.7. The third kappa shape index (κ3) is 4.54. The highest BCUT2D eigenvalue weighted by atomic mass is 32.2. The lowest BCUT2D eigenvalue weighted by Gasteiger charge is -2.19. The fourth-order valence-corrected chi connectivity index (χ4v) is 6.48. The number of nitrogens with zero attached hydrogens (tertiary/aromatic N) is 3. The summed E-state index contributed by atoms with van der Waals surface area (Å²) in [4.78, 5) is 36.4. The molecule has 0 aliphatic carbocycles. The zero-order valence-corrected chi connectivity index (χ0v) is 21.9. The number of carbonyl (C=O) groups excluding carboxylic acids is 2. The number of aryl methyl sites for hydroxylation is 1. The van der Waals surface area contributed by atoms with Crippen LogP contribution in [0.4, 0.5) is 17.1 Å². The van der Waals surface area contributed by atoms with Crippen molar-refractivity contribution in [2.45, 2.75) is 25.7 Å². The maximum atomic E-state index is 13.9. The van der Waals surface area contributed by atoms with E-state index in [4.69, 9.17) is 9.73 Å². The SMILES string of the molecule is CCOC(=O)c1ccc(N=C2SC(=C3Sc4ccccc4N3CC)C(=O)N2c2cccc(C)c2)cc1. The van der Waals surface area contributed by atoms with Crippen LogP contribution in [-0.4, -0.2) is 30.2 Å². The van der Waals surface area contributed by atoms with Crippen LogP contribution < -0.4 is 9.80 Å². The second-order valence-electron chi connectivity index (χ2n) is 8.19. The Morgan fingerprint density at radius 1 is 0.972 bits per heavy atom. The lowest BCUT2D eigenvalue weighted by Crippen LogP contribution is -2.29. The van der Waals surface area contributed by atoms with Gasteiger partial charge in [0, 0.05) is 11.4 Å². The number of fused-ring (bicyclic) bond motifs is 1. The molecule has 36 heavy (non-hydrogen) atoms. The summed E-state index contributed by atoms with van der Waals surface area (Å²) in [6.07, 6.45) is 0. The van der Waals surface area contributed by atoms with Gasteiger partial charge in [0.2, 0.25) is 0 Å². The van der Waals surface area contributed by atoms with Crippen LogP contribution >= 0.6 is 23.5 Å². The van der Waals surface area contributed by atoms with Crippen molar-refractivity contribution in [3.8, 4) is 0 Å². The first kappa shape index (κ1) is 24.2. The molecule has 1 amide bonds. The predicted molar refractivity (Wildman–Crippen MR) is 148 cm³/mol. The van der Waals surface area contributed by atoms with E-state index in [1.807, 2.05) is 43.3 Å². The maximum Gasteiger partial charge on any atom is 0.338 e. The number of hydrogen-bond acceptors (Lipinski definition) is 7. The van der Waals surface area contributed by atoms with Crippen LogP contribution in [0.25, 0.3) is 0 Å². The number of ether oxygens (including phenoxy) is 1. The van der Waals surface area contributed by atoms with E-state index >= 15 is 0 Å².